The van der Waals surface area contributed by atoms with Gasteiger partial charge in [0.25, 0.3) is 0 Å². The zero-order valence-corrected chi connectivity index (χ0v) is 15.5. The number of benzene rings is 1. The number of halogens is 2. The van der Waals surface area contributed by atoms with Gasteiger partial charge in [-0.2, -0.15) is 0 Å². The van der Waals surface area contributed by atoms with Gasteiger partial charge in [-0.1, -0.05) is 6.42 Å². The van der Waals surface area contributed by atoms with E-state index in [1.165, 1.54) is 18.6 Å². The van der Waals surface area contributed by atoms with Gasteiger partial charge in [-0.05, 0) is 73.3 Å². The van der Waals surface area contributed by atoms with Crippen LogP contribution in [0.4, 0.5) is 8.78 Å². The summed E-state index contributed by atoms with van der Waals surface area (Å²) in [6, 6.07) is 6.14. The first-order valence-electron chi connectivity index (χ1n) is 9.82. The predicted molar refractivity (Wildman–Crippen MR) is 100 cm³/mol. The molecule has 1 aromatic heterocycles. The van der Waals surface area contributed by atoms with Gasteiger partial charge in [-0.3, -0.25) is 4.79 Å². The fourth-order valence-electron chi connectivity index (χ4n) is 3.90. The van der Waals surface area contributed by atoms with Crippen molar-refractivity contribution >= 4 is 5.97 Å². The number of rotatable bonds is 8. The Labute approximate surface area is 162 Å². The monoisotopic (exact) mass is 387 g/mol. The van der Waals surface area contributed by atoms with Crippen molar-refractivity contribution in [2.24, 2.45) is 11.8 Å². The molecular formula is C22H23F2NO3. The van der Waals surface area contributed by atoms with Crippen molar-refractivity contribution in [2.75, 3.05) is 6.61 Å². The summed E-state index contributed by atoms with van der Waals surface area (Å²) in [7, 11) is 0. The van der Waals surface area contributed by atoms with Crippen LogP contribution < -0.4 is 4.74 Å². The van der Waals surface area contributed by atoms with Crippen LogP contribution in [-0.4, -0.2) is 22.7 Å². The first-order valence-corrected chi connectivity index (χ1v) is 9.82. The number of carboxylic acids is 1. The number of aromatic nitrogens is 1. The number of hydrogen-bond donors (Lipinski definition) is 1. The molecule has 1 heterocycles. The Bertz CT molecular complexity index is 859. The van der Waals surface area contributed by atoms with Crippen LogP contribution in [0.3, 0.4) is 0 Å². The van der Waals surface area contributed by atoms with Gasteiger partial charge in [0.2, 0.25) is 5.88 Å². The van der Waals surface area contributed by atoms with Crippen LogP contribution in [0.2, 0.25) is 0 Å². The lowest BCUT2D eigenvalue weighted by molar-refractivity contribution is -0.137. The molecule has 0 amide bonds. The van der Waals surface area contributed by atoms with Gasteiger partial charge < -0.3 is 9.84 Å². The van der Waals surface area contributed by atoms with Crippen LogP contribution in [0, 0.1) is 23.5 Å². The minimum absolute atomic E-state index is 0.0276. The van der Waals surface area contributed by atoms with Crippen molar-refractivity contribution in [3.63, 3.8) is 0 Å². The van der Waals surface area contributed by atoms with E-state index in [4.69, 9.17) is 9.84 Å². The van der Waals surface area contributed by atoms with E-state index in [2.05, 4.69) is 4.98 Å². The third-order valence-electron chi connectivity index (χ3n) is 5.86. The molecule has 148 valence electrons. The van der Waals surface area contributed by atoms with Crippen molar-refractivity contribution < 1.29 is 23.4 Å². The van der Waals surface area contributed by atoms with Crippen molar-refractivity contribution in [1.82, 2.24) is 4.98 Å². The van der Waals surface area contributed by atoms with Crippen molar-refractivity contribution in [3.05, 3.63) is 47.7 Å². The quantitative estimate of drug-likeness (QED) is 0.679. The van der Waals surface area contributed by atoms with Crippen molar-refractivity contribution in [3.8, 4) is 17.0 Å². The number of carbonyl (C=O) groups is 1. The summed E-state index contributed by atoms with van der Waals surface area (Å²) in [4.78, 5) is 14.9. The molecule has 0 saturated heterocycles. The van der Waals surface area contributed by atoms with Gasteiger partial charge in [0.15, 0.2) is 0 Å². The maximum Gasteiger partial charge on any atom is 0.303 e. The van der Waals surface area contributed by atoms with Gasteiger partial charge in [-0.25, -0.2) is 13.8 Å². The topological polar surface area (TPSA) is 59.4 Å². The second-order valence-corrected chi connectivity index (χ2v) is 7.85. The van der Waals surface area contributed by atoms with Crippen LogP contribution in [0.15, 0.2) is 30.5 Å². The molecule has 2 aliphatic rings. The molecule has 2 saturated carbocycles. The zero-order chi connectivity index (χ0) is 19.7. The predicted octanol–water partition coefficient (Wildman–Crippen LogP) is 5.17. The third kappa shape index (κ3) is 4.01. The molecule has 2 fully saturated rings. The lowest BCUT2D eigenvalue weighted by Crippen LogP contribution is -2.19. The van der Waals surface area contributed by atoms with E-state index in [9.17, 15) is 13.6 Å². The minimum Gasteiger partial charge on any atom is -0.481 e. The highest BCUT2D eigenvalue weighted by molar-refractivity contribution is 5.69. The number of aliphatic carboxylic acids is 1. The molecule has 1 N–H and O–H groups in total. The van der Waals surface area contributed by atoms with Crippen LogP contribution in [0.1, 0.15) is 50.0 Å². The molecule has 2 aromatic rings. The zero-order valence-electron chi connectivity index (χ0n) is 15.5. The minimum atomic E-state index is -0.882. The summed E-state index contributed by atoms with van der Waals surface area (Å²) < 4.78 is 35.3. The van der Waals surface area contributed by atoms with Crippen LogP contribution in [0.25, 0.3) is 11.1 Å². The molecule has 4 nitrogen and oxygen atoms in total. The lowest BCUT2D eigenvalue weighted by Gasteiger charge is -2.25. The maximum atomic E-state index is 14.8. The molecular weight excluding hydrogens is 364 g/mol. The van der Waals surface area contributed by atoms with Crippen LogP contribution in [0.5, 0.6) is 5.88 Å². The smallest absolute Gasteiger partial charge is 0.303 e. The second-order valence-electron chi connectivity index (χ2n) is 7.85. The summed E-state index contributed by atoms with van der Waals surface area (Å²) in [5.74, 6) is -1.34. The third-order valence-corrected chi connectivity index (χ3v) is 5.86. The Hall–Kier alpha value is -2.50. The summed E-state index contributed by atoms with van der Waals surface area (Å²) >= 11 is 0. The Balaban J connectivity index is 1.53. The summed E-state index contributed by atoms with van der Waals surface area (Å²) in [6.07, 6.45) is 6.22. The summed E-state index contributed by atoms with van der Waals surface area (Å²) in [5, 5.41) is 8.78. The van der Waals surface area contributed by atoms with E-state index in [1.807, 2.05) is 0 Å². The van der Waals surface area contributed by atoms with Gasteiger partial charge in [0.05, 0.1) is 6.61 Å². The molecule has 0 radical (unpaired) electrons. The Morgan fingerprint density at radius 1 is 1.25 bits per heavy atom. The van der Waals surface area contributed by atoms with Crippen molar-refractivity contribution in [2.45, 2.75) is 44.4 Å². The number of carboxylic acid groups (broad SMARTS) is 1. The van der Waals surface area contributed by atoms with Gasteiger partial charge >= 0.3 is 5.97 Å². The molecule has 0 bridgehead atoms. The SMILES string of the molecule is O=C(O)CCC1CC1c1c(F)cc(-c2cccnc2OCC2CCC2)cc1F. The fraction of sp³-hybridized carbons (Fsp3) is 0.455. The molecule has 2 atom stereocenters. The Kier molecular flexibility index (Phi) is 5.29. The summed E-state index contributed by atoms with van der Waals surface area (Å²) in [6.45, 7) is 0.570. The Morgan fingerprint density at radius 3 is 2.64 bits per heavy atom. The van der Waals surface area contributed by atoms with E-state index in [0.717, 1.165) is 12.8 Å². The highest BCUT2D eigenvalue weighted by atomic mass is 19.1. The lowest BCUT2D eigenvalue weighted by atomic mass is 9.86. The van der Waals surface area contributed by atoms with Crippen LogP contribution in [-0.2, 0) is 4.79 Å². The van der Waals surface area contributed by atoms with E-state index in [0.29, 0.717) is 42.4 Å². The van der Waals surface area contributed by atoms with E-state index < -0.39 is 17.6 Å². The van der Waals surface area contributed by atoms with Gasteiger partial charge in [0.1, 0.15) is 11.6 Å². The number of pyridine rings is 1. The Morgan fingerprint density at radius 2 is 2.00 bits per heavy atom. The van der Waals surface area contributed by atoms with Gasteiger partial charge in [-0.15, -0.1) is 0 Å². The molecule has 28 heavy (non-hydrogen) atoms. The highest BCUT2D eigenvalue weighted by Gasteiger charge is 2.41. The summed E-state index contributed by atoms with van der Waals surface area (Å²) in [5.41, 5.74) is 1.04. The second kappa shape index (κ2) is 7.86. The first kappa shape index (κ1) is 18.8. The maximum absolute atomic E-state index is 14.8. The normalized spacial score (nSPS) is 21.2. The molecule has 0 spiro atoms. The molecule has 4 rings (SSSR count). The van der Waals surface area contributed by atoms with Crippen molar-refractivity contribution in [1.29, 1.82) is 0 Å². The molecule has 1 aromatic carbocycles. The average Bonchev–Trinajstić information content (AvgIpc) is 3.37. The molecule has 2 aliphatic carbocycles. The molecule has 6 heteroatoms. The van der Waals surface area contributed by atoms with Gasteiger partial charge in [0, 0.05) is 23.7 Å². The highest BCUT2D eigenvalue weighted by Crippen LogP contribution is 2.52. The van der Waals surface area contributed by atoms with E-state index in [1.54, 1.807) is 18.3 Å². The first-order chi connectivity index (χ1) is 13.5. The standard InChI is InChI=1S/C22H23F2NO3/c23-18-10-15(11-19(24)21(18)17-9-14(17)6-7-20(26)27)16-5-2-8-25-22(16)28-12-13-3-1-4-13/h2,5,8,10-11,13-14,17H,1,3-4,6-7,9,12H2,(H,26,27). The number of hydrogen-bond acceptors (Lipinski definition) is 3. The van der Waals surface area contributed by atoms with E-state index >= 15 is 0 Å². The van der Waals surface area contributed by atoms with E-state index in [-0.39, 0.29) is 23.8 Å². The number of nitrogens with zero attached hydrogens (tertiary/aromatic N) is 1. The average molecular weight is 387 g/mol. The molecule has 2 unspecified atom stereocenters. The largest absolute Gasteiger partial charge is 0.481 e. The van der Waals surface area contributed by atoms with Crippen LogP contribution >= 0.6 is 0 Å². The number of ether oxygens (including phenoxy) is 1. The fourth-order valence-corrected chi connectivity index (χ4v) is 3.90. The molecule has 0 aliphatic heterocycles.